The van der Waals surface area contributed by atoms with Crippen LogP contribution in [0, 0.1) is 5.92 Å². The molecule has 1 unspecified atom stereocenters. The number of rotatable bonds is 6. The Morgan fingerprint density at radius 2 is 2.06 bits per heavy atom. The summed E-state index contributed by atoms with van der Waals surface area (Å²) in [5.41, 5.74) is 0.426. The Morgan fingerprint density at radius 3 is 2.65 bits per heavy atom. The number of anilines is 1. The molecule has 2 N–H and O–H groups in total. The standard InChI is InChI=1S/C18H24N6O3.C2HF3O2/c1-23-14(4-7-22-23)17(25)19-6-3-13-5-8-27-18(13)10-24(11-18)15-9-16(26-2)21-12-20-15;3-2(4,5)1(6)7/h4,7,9,12-13H,3,5-6,8,10-11H2,1-2H3,(H,19,25);(H,6,7). The van der Waals surface area contributed by atoms with E-state index in [-0.39, 0.29) is 11.5 Å². The maximum absolute atomic E-state index is 12.2. The number of aryl methyl sites for hydroxylation is 1. The normalized spacial score (nSPS) is 18.6. The van der Waals surface area contributed by atoms with Crippen LogP contribution >= 0.6 is 0 Å². The van der Waals surface area contributed by atoms with Gasteiger partial charge in [-0.3, -0.25) is 9.48 Å². The Kier molecular flexibility index (Phi) is 7.59. The number of nitrogens with zero attached hydrogens (tertiary/aromatic N) is 5. The molecule has 0 saturated carbocycles. The van der Waals surface area contributed by atoms with Crippen LogP contribution in [0.5, 0.6) is 5.88 Å². The summed E-state index contributed by atoms with van der Waals surface area (Å²) in [7, 11) is 3.36. The highest BCUT2D eigenvalue weighted by Gasteiger charge is 2.53. The third-order valence-corrected chi connectivity index (χ3v) is 5.75. The summed E-state index contributed by atoms with van der Waals surface area (Å²) in [4.78, 5) is 31.7. The third kappa shape index (κ3) is 5.73. The molecule has 2 aliphatic heterocycles. The van der Waals surface area contributed by atoms with Gasteiger partial charge >= 0.3 is 12.1 Å². The molecule has 2 saturated heterocycles. The Labute approximate surface area is 192 Å². The summed E-state index contributed by atoms with van der Waals surface area (Å²) < 4.78 is 44.6. The number of carboxylic acid groups (broad SMARTS) is 1. The number of methoxy groups -OCH3 is 1. The van der Waals surface area contributed by atoms with Gasteiger partial charge in [-0.25, -0.2) is 14.8 Å². The lowest BCUT2D eigenvalue weighted by Gasteiger charge is -2.50. The SMILES string of the molecule is COc1cc(N2CC3(C2)OCCC3CCNC(=O)c2ccnn2C)ncn1.O=C(O)C(F)(F)F. The summed E-state index contributed by atoms with van der Waals surface area (Å²) >= 11 is 0. The molecule has 2 fully saturated rings. The fourth-order valence-corrected chi connectivity index (χ4v) is 3.97. The highest BCUT2D eigenvalue weighted by Crippen LogP contribution is 2.43. The predicted octanol–water partition coefficient (Wildman–Crippen LogP) is 1.27. The van der Waals surface area contributed by atoms with Gasteiger partial charge in [0.2, 0.25) is 5.88 Å². The number of nitrogens with one attached hydrogen (secondary N) is 1. The summed E-state index contributed by atoms with van der Waals surface area (Å²) in [6, 6.07) is 3.56. The smallest absolute Gasteiger partial charge is 0.481 e. The molecule has 2 aliphatic rings. The molecule has 2 aromatic heterocycles. The first kappa shape index (κ1) is 25.2. The Bertz CT molecular complexity index is 1010. The van der Waals surface area contributed by atoms with Crippen LogP contribution in [0.15, 0.2) is 24.7 Å². The second-order valence-electron chi connectivity index (χ2n) is 7.86. The molecule has 186 valence electrons. The average Bonchev–Trinajstić information content (AvgIpc) is 3.38. The van der Waals surface area contributed by atoms with Gasteiger partial charge in [0.15, 0.2) is 0 Å². The first-order chi connectivity index (χ1) is 16.1. The number of hydrogen-bond donors (Lipinski definition) is 2. The quantitative estimate of drug-likeness (QED) is 0.620. The number of amides is 1. The van der Waals surface area contributed by atoms with Crippen molar-refractivity contribution in [2.75, 3.05) is 38.3 Å². The molecule has 0 aromatic carbocycles. The summed E-state index contributed by atoms with van der Waals surface area (Å²) in [6.07, 6.45) is -0.0348. The van der Waals surface area contributed by atoms with Crippen LogP contribution in [0.1, 0.15) is 23.3 Å². The molecular formula is C20H25F3N6O5. The zero-order chi connectivity index (χ0) is 24.9. The summed E-state index contributed by atoms with van der Waals surface area (Å²) in [6.45, 7) is 2.99. The number of aromatic nitrogens is 4. The van der Waals surface area contributed by atoms with Crippen molar-refractivity contribution in [3.05, 3.63) is 30.4 Å². The molecule has 1 amide bonds. The number of ether oxygens (including phenoxy) is 2. The van der Waals surface area contributed by atoms with Crippen LogP contribution in [0.4, 0.5) is 19.0 Å². The zero-order valence-electron chi connectivity index (χ0n) is 18.6. The molecule has 11 nitrogen and oxygen atoms in total. The van der Waals surface area contributed by atoms with Crippen molar-refractivity contribution in [1.29, 1.82) is 0 Å². The van der Waals surface area contributed by atoms with Crippen molar-refractivity contribution in [1.82, 2.24) is 25.1 Å². The number of carboxylic acids is 1. The Hall–Kier alpha value is -3.42. The van der Waals surface area contributed by atoms with Crippen molar-refractivity contribution in [2.45, 2.75) is 24.6 Å². The largest absolute Gasteiger partial charge is 0.490 e. The highest BCUT2D eigenvalue weighted by molar-refractivity contribution is 5.92. The summed E-state index contributed by atoms with van der Waals surface area (Å²) in [5.74, 6) is -1.02. The number of carbonyl (C=O) groups excluding carboxylic acids is 1. The molecular weight excluding hydrogens is 461 g/mol. The molecule has 14 heteroatoms. The average molecular weight is 486 g/mol. The van der Waals surface area contributed by atoms with Crippen LogP contribution in [0.2, 0.25) is 0 Å². The maximum Gasteiger partial charge on any atom is 0.490 e. The van der Waals surface area contributed by atoms with E-state index in [2.05, 4.69) is 25.3 Å². The molecule has 2 aromatic rings. The minimum absolute atomic E-state index is 0.0914. The molecule has 1 atom stereocenters. The lowest BCUT2D eigenvalue weighted by molar-refractivity contribution is -0.192. The predicted molar refractivity (Wildman–Crippen MR) is 111 cm³/mol. The minimum atomic E-state index is -5.08. The number of alkyl halides is 3. The van der Waals surface area contributed by atoms with Gasteiger partial charge in [0.05, 0.1) is 20.2 Å². The lowest BCUT2D eigenvalue weighted by Crippen LogP contribution is -2.65. The first-order valence-electron chi connectivity index (χ1n) is 10.4. The van der Waals surface area contributed by atoms with Crippen LogP contribution in [0.25, 0.3) is 0 Å². The molecule has 34 heavy (non-hydrogen) atoms. The van der Waals surface area contributed by atoms with Gasteiger partial charge in [-0.1, -0.05) is 0 Å². The van der Waals surface area contributed by atoms with E-state index in [9.17, 15) is 18.0 Å². The fourth-order valence-electron chi connectivity index (χ4n) is 3.97. The topological polar surface area (TPSA) is 132 Å². The molecule has 0 bridgehead atoms. The van der Waals surface area contributed by atoms with Crippen molar-refractivity contribution in [3.63, 3.8) is 0 Å². The Morgan fingerprint density at radius 1 is 1.35 bits per heavy atom. The Balaban J connectivity index is 0.000000406. The number of halogens is 3. The van der Waals surface area contributed by atoms with E-state index in [0.717, 1.165) is 38.4 Å². The van der Waals surface area contributed by atoms with Gasteiger partial charge in [-0.05, 0) is 24.8 Å². The van der Waals surface area contributed by atoms with Crippen molar-refractivity contribution in [2.24, 2.45) is 13.0 Å². The third-order valence-electron chi connectivity index (χ3n) is 5.75. The number of carbonyl (C=O) groups is 2. The summed E-state index contributed by atoms with van der Waals surface area (Å²) in [5, 5.41) is 14.1. The van der Waals surface area contributed by atoms with Gasteiger partial charge in [0, 0.05) is 32.5 Å². The second-order valence-corrected chi connectivity index (χ2v) is 7.86. The highest BCUT2D eigenvalue weighted by atomic mass is 19.4. The molecule has 4 heterocycles. The van der Waals surface area contributed by atoms with E-state index in [0.29, 0.717) is 24.0 Å². The fraction of sp³-hybridized carbons (Fsp3) is 0.550. The van der Waals surface area contributed by atoms with Crippen LogP contribution in [-0.2, 0) is 16.6 Å². The maximum atomic E-state index is 12.2. The van der Waals surface area contributed by atoms with Gasteiger partial charge in [-0.2, -0.15) is 18.3 Å². The molecule has 4 rings (SSSR count). The molecule has 0 radical (unpaired) electrons. The molecule has 1 spiro atoms. The van der Waals surface area contributed by atoms with E-state index < -0.39 is 12.1 Å². The molecule has 0 aliphatic carbocycles. The van der Waals surface area contributed by atoms with Crippen molar-refractivity contribution >= 4 is 17.7 Å². The monoisotopic (exact) mass is 486 g/mol. The minimum Gasteiger partial charge on any atom is -0.481 e. The lowest BCUT2D eigenvalue weighted by atomic mass is 9.79. The first-order valence-corrected chi connectivity index (χ1v) is 10.4. The van der Waals surface area contributed by atoms with E-state index in [1.165, 1.54) is 6.33 Å². The second kappa shape index (κ2) is 10.2. The van der Waals surface area contributed by atoms with Gasteiger partial charge < -0.3 is 24.8 Å². The number of aliphatic carboxylic acids is 1. The van der Waals surface area contributed by atoms with Crippen LogP contribution in [0.3, 0.4) is 0 Å². The van der Waals surface area contributed by atoms with Crippen LogP contribution < -0.4 is 15.0 Å². The van der Waals surface area contributed by atoms with E-state index in [1.54, 1.807) is 31.1 Å². The van der Waals surface area contributed by atoms with Gasteiger partial charge in [0.25, 0.3) is 5.91 Å². The number of hydrogen-bond acceptors (Lipinski definition) is 8. The van der Waals surface area contributed by atoms with Gasteiger partial charge in [0.1, 0.15) is 23.4 Å². The zero-order valence-corrected chi connectivity index (χ0v) is 18.6. The van der Waals surface area contributed by atoms with Crippen molar-refractivity contribution in [3.8, 4) is 5.88 Å². The van der Waals surface area contributed by atoms with Crippen LogP contribution in [-0.4, -0.2) is 81.9 Å². The van der Waals surface area contributed by atoms with E-state index in [4.69, 9.17) is 19.4 Å². The van der Waals surface area contributed by atoms with E-state index in [1.807, 2.05) is 6.07 Å². The van der Waals surface area contributed by atoms with E-state index >= 15 is 0 Å². The van der Waals surface area contributed by atoms with Crippen molar-refractivity contribution < 1.29 is 37.3 Å². The van der Waals surface area contributed by atoms with Gasteiger partial charge in [-0.15, -0.1) is 0 Å².